The van der Waals surface area contributed by atoms with E-state index in [0.29, 0.717) is 23.5 Å². The fraction of sp³-hybridized carbons (Fsp3) is 0.276. The van der Waals surface area contributed by atoms with Crippen molar-refractivity contribution in [1.29, 1.82) is 0 Å². The third kappa shape index (κ3) is 4.94. The monoisotopic (exact) mass is 505 g/mol. The van der Waals surface area contributed by atoms with E-state index < -0.39 is 0 Å². The molecule has 1 saturated heterocycles. The maximum atomic E-state index is 13.7. The van der Waals surface area contributed by atoms with Gasteiger partial charge in [-0.25, -0.2) is 0 Å². The van der Waals surface area contributed by atoms with E-state index in [0.717, 1.165) is 40.0 Å². The van der Waals surface area contributed by atoms with E-state index in [9.17, 15) is 19.4 Å². The van der Waals surface area contributed by atoms with Crippen LogP contribution in [0.25, 0.3) is 20.5 Å². The van der Waals surface area contributed by atoms with Gasteiger partial charge in [0.2, 0.25) is 0 Å². The predicted octanol–water partition coefficient (Wildman–Crippen LogP) is 6.27. The van der Waals surface area contributed by atoms with Gasteiger partial charge in [-0.15, -0.1) is 11.3 Å². The molecule has 1 aliphatic heterocycles. The van der Waals surface area contributed by atoms with Crippen LogP contribution in [-0.2, 0) is 0 Å². The first-order valence-electron chi connectivity index (χ1n) is 12.1. The highest BCUT2D eigenvalue weighted by molar-refractivity contribution is 7.22. The van der Waals surface area contributed by atoms with Crippen LogP contribution in [0.3, 0.4) is 0 Å². The number of ether oxygens (including phenoxy) is 1. The Kier molecular flexibility index (Phi) is 6.94. The maximum absolute atomic E-state index is 13.7. The molecule has 0 aliphatic carbocycles. The molecule has 2 N–H and O–H groups in total. The highest BCUT2D eigenvalue weighted by Crippen LogP contribution is 2.41. The number of hydrogen-bond acceptors (Lipinski definition) is 6. The molecule has 2 heterocycles. The van der Waals surface area contributed by atoms with Gasteiger partial charge in [-0.1, -0.05) is 0 Å². The summed E-state index contributed by atoms with van der Waals surface area (Å²) in [6, 6.07) is 19.1. The van der Waals surface area contributed by atoms with E-state index in [1.165, 1.54) is 11.3 Å². The Labute approximate surface area is 213 Å². The van der Waals surface area contributed by atoms with Crippen LogP contribution < -0.4 is 4.74 Å². The normalized spacial score (nSPS) is 16.9. The Balaban J connectivity index is 1.37. The summed E-state index contributed by atoms with van der Waals surface area (Å²) in [5.74, 6) is 0.983. The molecular weight excluding hydrogens is 477 g/mol. The number of halogens is 1. The van der Waals surface area contributed by atoms with Crippen LogP contribution in [0.5, 0.6) is 17.2 Å². The number of hydrogen-bond donors (Lipinski definition) is 2. The van der Waals surface area contributed by atoms with Crippen molar-refractivity contribution in [2.45, 2.75) is 19.4 Å². The summed E-state index contributed by atoms with van der Waals surface area (Å²) in [6.07, 6.45) is 0.890. The average molecular weight is 506 g/mol. The first-order valence-corrected chi connectivity index (χ1v) is 12.9. The summed E-state index contributed by atoms with van der Waals surface area (Å²) in [7, 11) is 0. The molecule has 3 aromatic carbocycles. The molecule has 0 bridgehead atoms. The van der Waals surface area contributed by atoms with Gasteiger partial charge in [-0.3, -0.25) is 14.1 Å². The van der Waals surface area contributed by atoms with Crippen molar-refractivity contribution in [3.05, 3.63) is 77.9 Å². The van der Waals surface area contributed by atoms with E-state index in [4.69, 9.17) is 4.74 Å². The van der Waals surface area contributed by atoms with Crippen LogP contribution in [0, 0.1) is 5.92 Å². The highest BCUT2D eigenvalue weighted by Gasteiger charge is 2.26. The second kappa shape index (κ2) is 10.3. The Morgan fingerprint density at radius 3 is 2.50 bits per heavy atom. The summed E-state index contributed by atoms with van der Waals surface area (Å²) in [6.45, 7) is 3.97. The Morgan fingerprint density at radius 1 is 1.08 bits per heavy atom. The van der Waals surface area contributed by atoms with Gasteiger partial charge in [0, 0.05) is 44.6 Å². The molecule has 5 rings (SSSR count). The fourth-order valence-corrected chi connectivity index (χ4v) is 5.92. The van der Waals surface area contributed by atoms with Gasteiger partial charge in [0.05, 0.1) is 6.67 Å². The predicted molar refractivity (Wildman–Crippen MR) is 141 cm³/mol. The largest absolute Gasteiger partial charge is 0.508 e. The van der Waals surface area contributed by atoms with Crippen LogP contribution in [0.4, 0.5) is 4.39 Å². The number of phenolic OH excluding ortho intramolecular Hbond substituents is 2. The molecule has 7 heteroatoms. The molecule has 1 aliphatic rings. The minimum absolute atomic E-state index is 0.121. The van der Waals surface area contributed by atoms with Crippen molar-refractivity contribution >= 4 is 27.2 Å². The number of nitrogens with zero attached hydrogens (tertiary/aromatic N) is 1. The summed E-state index contributed by atoms with van der Waals surface area (Å²) >= 11 is 1.43. The van der Waals surface area contributed by atoms with E-state index >= 15 is 0 Å². The third-order valence-electron chi connectivity index (χ3n) is 6.80. The van der Waals surface area contributed by atoms with Crippen LogP contribution in [0.2, 0.25) is 0 Å². The van der Waals surface area contributed by atoms with Crippen LogP contribution in [-0.4, -0.2) is 53.3 Å². The van der Waals surface area contributed by atoms with Gasteiger partial charge < -0.3 is 14.9 Å². The van der Waals surface area contributed by atoms with Crippen molar-refractivity contribution in [3.63, 3.8) is 0 Å². The van der Waals surface area contributed by atoms with Gasteiger partial charge in [0.25, 0.3) is 0 Å². The van der Waals surface area contributed by atoms with Crippen LogP contribution in [0.15, 0.2) is 66.7 Å². The van der Waals surface area contributed by atoms with E-state index in [1.807, 2.05) is 0 Å². The van der Waals surface area contributed by atoms with Crippen molar-refractivity contribution in [2.24, 2.45) is 5.92 Å². The number of fused-ring (bicyclic) bond motifs is 1. The van der Waals surface area contributed by atoms with Crippen molar-refractivity contribution in [2.75, 3.05) is 26.4 Å². The highest BCUT2D eigenvalue weighted by atomic mass is 32.1. The molecule has 0 radical (unpaired) electrons. The lowest BCUT2D eigenvalue weighted by atomic mass is 9.97. The molecule has 0 amide bonds. The zero-order valence-corrected chi connectivity index (χ0v) is 20.8. The van der Waals surface area contributed by atoms with Crippen molar-refractivity contribution in [1.82, 2.24) is 4.90 Å². The number of rotatable bonds is 8. The molecular formula is C29H28FNO4S. The Morgan fingerprint density at radius 2 is 1.81 bits per heavy atom. The minimum Gasteiger partial charge on any atom is -0.508 e. The molecule has 0 spiro atoms. The number of aromatic hydroxyl groups is 2. The zero-order chi connectivity index (χ0) is 25.2. The maximum Gasteiger partial charge on any atom is 0.195 e. The molecule has 2 atom stereocenters. The van der Waals surface area contributed by atoms with Crippen molar-refractivity contribution < 1.29 is 24.1 Å². The summed E-state index contributed by atoms with van der Waals surface area (Å²) < 4.78 is 19.7. The van der Waals surface area contributed by atoms with E-state index in [-0.39, 0.29) is 35.9 Å². The molecule has 0 unspecified atom stereocenters. The molecule has 36 heavy (non-hydrogen) atoms. The van der Waals surface area contributed by atoms with Gasteiger partial charge in [0.1, 0.15) is 23.9 Å². The molecule has 4 aromatic rings. The van der Waals surface area contributed by atoms with Crippen molar-refractivity contribution in [3.8, 4) is 27.7 Å². The number of alkyl halides is 1. The lowest BCUT2D eigenvalue weighted by Gasteiger charge is -2.24. The number of thiophene rings is 1. The summed E-state index contributed by atoms with van der Waals surface area (Å²) in [4.78, 5) is 16.7. The number of likely N-dealkylation sites (tertiary alicyclic amines) is 1. The molecule has 0 saturated carbocycles. The topological polar surface area (TPSA) is 70.0 Å². The number of ketones is 1. The molecule has 1 aromatic heterocycles. The Hall–Kier alpha value is -3.42. The molecule has 5 nitrogen and oxygen atoms in total. The smallest absolute Gasteiger partial charge is 0.195 e. The van der Waals surface area contributed by atoms with Gasteiger partial charge in [0.15, 0.2) is 5.78 Å². The van der Waals surface area contributed by atoms with Gasteiger partial charge in [-0.05, 0) is 92.2 Å². The molecule has 1 fully saturated rings. The fourth-order valence-electron chi connectivity index (χ4n) is 4.68. The zero-order valence-electron chi connectivity index (χ0n) is 20.0. The minimum atomic E-state index is -0.269. The second-order valence-corrected chi connectivity index (χ2v) is 10.4. The number of phenols is 2. The number of benzene rings is 3. The third-order valence-corrected chi connectivity index (χ3v) is 8.00. The van der Waals surface area contributed by atoms with E-state index in [2.05, 4.69) is 11.8 Å². The first kappa shape index (κ1) is 24.3. The lowest BCUT2D eigenvalue weighted by molar-refractivity contribution is 0.104. The first-order chi connectivity index (χ1) is 17.4. The van der Waals surface area contributed by atoms with Gasteiger partial charge >= 0.3 is 0 Å². The summed E-state index contributed by atoms with van der Waals surface area (Å²) in [5, 5.41) is 20.4. The van der Waals surface area contributed by atoms with E-state index in [1.54, 1.807) is 66.7 Å². The SMILES string of the molecule is C[C@@H](COc1ccc(C(=O)c2c(-c3ccc(O)cc3)sc3cc(O)ccc23)cc1)N1CC[C@@H](CF)C1. The standard InChI is InChI=1S/C29H28FNO4S/c1-18(31-13-12-19(15-30)16-31)17-35-24-9-4-20(5-10-24)28(34)27-25-11-8-23(33)14-26(25)36-29(27)21-2-6-22(32)7-3-21/h2-11,14,18-19,32-33H,12-13,15-17H2,1H3/t18-,19-/m0/s1. The second-order valence-electron chi connectivity index (χ2n) is 9.35. The van der Waals surface area contributed by atoms with Gasteiger partial charge in [-0.2, -0.15) is 0 Å². The average Bonchev–Trinajstić information content (AvgIpc) is 3.52. The number of carbonyl (C=O) groups is 1. The number of carbonyl (C=O) groups excluding carboxylic acids is 1. The van der Waals surface area contributed by atoms with Crippen LogP contribution in [0.1, 0.15) is 29.3 Å². The quantitative estimate of drug-likeness (QED) is 0.276. The van der Waals surface area contributed by atoms with Crippen LogP contribution >= 0.6 is 11.3 Å². The molecule has 186 valence electrons. The summed E-state index contributed by atoms with van der Waals surface area (Å²) in [5.41, 5.74) is 1.93. The Bertz CT molecular complexity index is 1370. The lowest BCUT2D eigenvalue weighted by Crippen LogP contribution is -2.35.